The number of aromatic nitrogens is 1. The van der Waals surface area contributed by atoms with E-state index in [1.54, 1.807) is 11.5 Å². The molecule has 0 radical (unpaired) electrons. The van der Waals surface area contributed by atoms with Gasteiger partial charge in [-0.2, -0.15) is 4.37 Å². The molecular formula is C28H30N4S. The van der Waals surface area contributed by atoms with E-state index in [9.17, 15) is 0 Å². The number of hydrogen-bond donors (Lipinski definition) is 1. The van der Waals surface area contributed by atoms with E-state index in [2.05, 4.69) is 87.9 Å². The van der Waals surface area contributed by atoms with Gasteiger partial charge in [-0.1, -0.05) is 60.7 Å². The number of anilines is 2. The first kappa shape index (κ1) is 20.7. The Morgan fingerprint density at radius 2 is 1.70 bits per heavy atom. The van der Waals surface area contributed by atoms with Crippen molar-refractivity contribution in [1.29, 1.82) is 0 Å². The summed E-state index contributed by atoms with van der Waals surface area (Å²) >= 11 is 1.62. The van der Waals surface area contributed by atoms with E-state index < -0.39 is 0 Å². The average Bonchev–Trinajstić information content (AvgIpc) is 3.32. The van der Waals surface area contributed by atoms with Gasteiger partial charge in [0.1, 0.15) is 5.82 Å². The van der Waals surface area contributed by atoms with Gasteiger partial charge < -0.3 is 10.2 Å². The zero-order valence-corrected chi connectivity index (χ0v) is 19.7. The van der Waals surface area contributed by atoms with Gasteiger partial charge in [-0.3, -0.25) is 4.90 Å². The van der Waals surface area contributed by atoms with E-state index >= 15 is 0 Å². The molecule has 2 aliphatic heterocycles. The lowest BCUT2D eigenvalue weighted by Crippen LogP contribution is -2.47. The Morgan fingerprint density at radius 1 is 0.879 bits per heavy atom. The van der Waals surface area contributed by atoms with Crippen LogP contribution in [-0.2, 0) is 6.42 Å². The number of fused-ring (bicyclic) bond motifs is 2. The molecule has 33 heavy (non-hydrogen) atoms. The molecule has 4 aromatic rings. The van der Waals surface area contributed by atoms with E-state index in [4.69, 9.17) is 4.37 Å². The Hall–Kier alpha value is -2.89. The molecule has 0 spiro atoms. The predicted octanol–water partition coefficient (Wildman–Crippen LogP) is 5.61. The van der Waals surface area contributed by atoms with Crippen molar-refractivity contribution < 1.29 is 0 Å². The van der Waals surface area contributed by atoms with Crippen molar-refractivity contribution in [2.24, 2.45) is 0 Å². The second-order valence-corrected chi connectivity index (χ2v) is 9.95. The zero-order valence-electron chi connectivity index (χ0n) is 18.9. The molecular weight excluding hydrogens is 424 g/mol. The standard InChI is InChI=1S/C28H30N4S/c1-2-7-21(8-3-1)23-13-15-29-27-22(9-6-11-24(23)27)14-16-31-17-19-32(20-18-31)28-25-10-4-5-12-26(25)33-30-28/h1-12,23,29H,13-20H2. The summed E-state index contributed by atoms with van der Waals surface area (Å²) in [5, 5.41) is 5.02. The Morgan fingerprint density at radius 3 is 2.58 bits per heavy atom. The molecule has 1 unspecified atom stereocenters. The monoisotopic (exact) mass is 454 g/mol. The van der Waals surface area contributed by atoms with Gasteiger partial charge in [-0.25, -0.2) is 0 Å². The van der Waals surface area contributed by atoms with Gasteiger partial charge in [0.05, 0.1) is 4.70 Å². The number of benzene rings is 3. The second kappa shape index (κ2) is 9.16. The van der Waals surface area contributed by atoms with E-state index in [-0.39, 0.29) is 0 Å². The van der Waals surface area contributed by atoms with Crippen LogP contribution in [-0.4, -0.2) is 48.5 Å². The van der Waals surface area contributed by atoms with E-state index in [0.29, 0.717) is 5.92 Å². The minimum Gasteiger partial charge on any atom is -0.385 e. The number of nitrogens with zero attached hydrogens (tertiary/aromatic N) is 3. The summed E-state index contributed by atoms with van der Waals surface area (Å²) in [6.07, 6.45) is 2.26. The van der Waals surface area contributed by atoms with Gasteiger partial charge in [0.15, 0.2) is 0 Å². The van der Waals surface area contributed by atoms with Crippen molar-refractivity contribution in [3.63, 3.8) is 0 Å². The molecule has 0 saturated carbocycles. The third-order valence-electron chi connectivity index (χ3n) is 7.22. The largest absolute Gasteiger partial charge is 0.385 e. The average molecular weight is 455 g/mol. The zero-order chi connectivity index (χ0) is 22.0. The first-order valence-corrected chi connectivity index (χ1v) is 12.9. The molecule has 4 nitrogen and oxygen atoms in total. The van der Waals surface area contributed by atoms with Crippen LogP contribution in [0.25, 0.3) is 10.1 Å². The van der Waals surface area contributed by atoms with E-state index in [0.717, 1.165) is 52.1 Å². The van der Waals surface area contributed by atoms with Gasteiger partial charge in [0.25, 0.3) is 0 Å². The molecule has 3 heterocycles. The van der Waals surface area contributed by atoms with E-state index in [1.807, 2.05) is 0 Å². The van der Waals surface area contributed by atoms with Crippen LogP contribution in [0.15, 0.2) is 72.8 Å². The highest BCUT2D eigenvalue weighted by Gasteiger charge is 2.24. The molecule has 2 aliphatic rings. The van der Waals surface area contributed by atoms with Crippen LogP contribution in [0, 0.1) is 0 Å². The summed E-state index contributed by atoms with van der Waals surface area (Å²) in [4.78, 5) is 5.08. The van der Waals surface area contributed by atoms with Gasteiger partial charge in [-0.05, 0) is 53.2 Å². The maximum atomic E-state index is 4.76. The maximum Gasteiger partial charge on any atom is 0.150 e. The molecule has 3 aromatic carbocycles. The summed E-state index contributed by atoms with van der Waals surface area (Å²) in [5.74, 6) is 1.67. The van der Waals surface area contributed by atoms with Crippen molar-refractivity contribution >= 4 is 33.1 Å². The van der Waals surface area contributed by atoms with Crippen LogP contribution in [0.5, 0.6) is 0 Å². The summed E-state index contributed by atoms with van der Waals surface area (Å²) in [5.41, 5.74) is 5.74. The lowest BCUT2D eigenvalue weighted by Gasteiger charge is -2.35. The second-order valence-electron chi connectivity index (χ2n) is 9.14. The van der Waals surface area contributed by atoms with Crippen LogP contribution in [0.2, 0.25) is 0 Å². The minimum absolute atomic E-state index is 0.499. The molecule has 168 valence electrons. The molecule has 1 saturated heterocycles. The third-order valence-corrected chi connectivity index (χ3v) is 8.04. The van der Waals surface area contributed by atoms with Gasteiger partial charge in [0.2, 0.25) is 0 Å². The minimum atomic E-state index is 0.499. The molecule has 1 N–H and O–H groups in total. The fraction of sp³-hybridized carbons (Fsp3) is 0.321. The number of hydrogen-bond acceptors (Lipinski definition) is 5. The number of para-hydroxylation sites is 1. The lowest BCUT2D eigenvalue weighted by molar-refractivity contribution is 0.261. The summed E-state index contributed by atoms with van der Waals surface area (Å²) in [6, 6.07) is 26.5. The molecule has 1 atom stereocenters. The number of piperazine rings is 1. The highest BCUT2D eigenvalue weighted by Crippen LogP contribution is 2.38. The normalized spacial score (nSPS) is 18.8. The SMILES string of the molecule is c1ccc(C2CCNc3c(CCN4CCN(c5nsc6ccccc56)CC4)cccc32)cc1. The maximum absolute atomic E-state index is 4.76. The third kappa shape index (κ3) is 4.11. The van der Waals surface area contributed by atoms with Crippen molar-refractivity contribution in [2.45, 2.75) is 18.8 Å². The fourth-order valence-electron chi connectivity index (χ4n) is 5.43. The smallest absolute Gasteiger partial charge is 0.150 e. The molecule has 1 aromatic heterocycles. The quantitative estimate of drug-likeness (QED) is 0.425. The first-order chi connectivity index (χ1) is 16.4. The topological polar surface area (TPSA) is 31.4 Å². The Bertz CT molecular complexity index is 1230. The highest BCUT2D eigenvalue weighted by atomic mass is 32.1. The van der Waals surface area contributed by atoms with Crippen molar-refractivity contribution in [3.8, 4) is 0 Å². The van der Waals surface area contributed by atoms with Crippen LogP contribution in [0.3, 0.4) is 0 Å². The van der Waals surface area contributed by atoms with Crippen LogP contribution in [0.1, 0.15) is 29.0 Å². The Balaban J connectivity index is 1.11. The first-order valence-electron chi connectivity index (χ1n) is 12.1. The predicted molar refractivity (Wildman–Crippen MR) is 140 cm³/mol. The van der Waals surface area contributed by atoms with Crippen molar-refractivity contribution in [3.05, 3.63) is 89.5 Å². The van der Waals surface area contributed by atoms with Crippen LogP contribution >= 0.6 is 11.5 Å². The lowest BCUT2D eigenvalue weighted by atomic mass is 9.83. The Labute approximate surface area is 200 Å². The van der Waals surface area contributed by atoms with Crippen LogP contribution < -0.4 is 10.2 Å². The molecule has 0 amide bonds. The number of rotatable bonds is 5. The van der Waals surface area contributed by atoms with Crippen LogP contribution in [0.4, 0.5) is 11.5 Å². The summed E-state index contributed by atoms with van der Waals surface area (Å²) < 4.78 is 6.04. The van der Waals surface area contributed by atoms with Crippen molar-refractivity contribution in [1.82, 2.24) is 9.27 Å². The van der Waals surface area contributed by atoms with E-state index in [1.165, 1.54) is 38.3 Å². The molecule has 0 aliphatic carbocycles. The highest BCUT2D eigenvalue weighted by molar-refractivity contribution is 7.13. The molecule has 1 fully saturated rings. The van der Waals surface area contributed by atoms with Gasteiger partial charge in [-0.15, -0.1) is 0 Å². The fourth-order valence-corrected chi connectivity index (χ4v) is 6.22. The Kier molecular flexibility index (Phi) is 5.75. The molecule has 5 heteroatoms. The van der Waals surface area contributed by atoms with Crippen molar-refractivity contribution in [2.75, 3.05) is 49.5 Å². The molecule has 6 rings (SSSR count). The number of nitrogens with one attached hydrogen (secondary N) is 1. The summed E-state index contributed by atoms with van der Waals surface area (Å²) in [7, 11) is 0. The van der Waals surface area contributed by atoms with Gasteiger partial charge >= 0.3 is 0 Å². The summed E-state index contributed by atoms with van der Waals surface area (Å²) in [6.45, 7) is 6.45. The van der Waals surface area contributed by atoms with Gasteiger partial charge in [0, 0.05) is 56.3 Å². The molecule has 0 bridgehead atoms.